The standard InChI is InChI=1S/C14H22N4S2/c1-17(2)13(15-19-5)11-7-9-12(10-8-11)14(16-20-6)18(3)4/h7-10H,1-6H3/b15-13-,16-14-. The Morgan fingerprint density at radius 1 is 0.750 bits per heavy atom. The highest BCUT2D eigenvalue weighted by Gasteiger charge is 2.09. The molecule has 0 saturated carbocycles. The number of hydrogen-bond acceptors (Lipinski definition) is 4. The van der Waals surface area contributed by atoms with Crippen LogP contribution in [-0.2, 0) is 0 Å². The third-order valence-corrected chi connectivity index (χ3v) is 3.32. The number of hydrogen-bond donors (Lipinski definition) is 0. The Morgan fingerprint density at radius 2 is 1.05 bits per heavy atom. The van der Waals surface area contributed by atoms with Crippen LogP contribution in [-0.4, -0.2) is 62.2 Å². The van der Waals surface area contributed by atoms with E-state index in [1.165, 1.54) is 23.9 Å². The van der Waals surface area contributed by atoms with Crippen LogP contribution < -0.4 is 0 Å². The number of nitrogens with zero attached hydrogens (tertiary/aromatic N) is 4. The lowest BCUT2D eigenvalue weighted by atomic mass is 10.1. The van der Waals surface area contributed by atoms with Gasteiger partial charge in [0.05, 0.1) is 0 Å². The van der Waals surface area contributed by atoms with E-state index < -0.39 is 0 Å². The van der Waals surface area contributed by atoms with Crippen molar-refractivity contribution >= 4 is 35.6 Å². The van der Waals surface area contributed by atoms with Crippen LogP contribution >= 0.6 is 23.9 Å². The summed E-state index contributed by atoms with van der Waals surface area (Å²) in [5.74, 6) is 1.94. The first kappa shape index (κ1) is 16.9. The maximum Gasteiger partial charge on any atom is 0.143 e. The van der Waals surface area contributed by atoms with Crippen molar-refractivity contribution < 1.29 is 0 Å². The Balaban J connectivity index is 3.10. The van der Waals surface area contributed by atoms with Gasteiger partial charge in [-0.2, -0.15) is 8.80 Å². The normalized spacial score (nSPS) is 12.5. The number of rotatable bonds is 4. The van der Waals surface area contributed by atoms with Crippen molar-refractivity contribution in [1.82, 2.24) is 9.80 Å². The van der Waals surface area contributed by atoms with Gasteiger partial charge in [-0.05, 0) is 23.9 Å². The summed E-state index contributed by atoms with van der Waals surface area (Å²) in [6.07, 6.45) is 3.93. The summed E-state index contributed by atoms with van der Waals surface area (Å²) in [6.45, 7) is 0. The summed E-state index contributed by atoms with van der Waals surface area (Å²) in [4.78, 5) is 4.04. The van der Waals surface area contributed by atoms with Gasteiger partial charge in [0, 0.05) is 51.8 Å². The highest BCUT2D eigenvalue weighted by molar-refractivity contribution is 7.97. The molecule has 0 heterocycles. The zero-order valence-corrected chi connectivity index (χ0v) is 14.5. The molecule has 6 heteroatoms. The average Bonchev–Trinajstić information content (AvgIpc) is 2.42. The van der Waals surface area contributed by atoms with Crippen LogP contribution in [0.25, 0.3) is 0 Å². The summed E-state index contributed by atoms with van der Waals surface area (Å²) in [5.41, 5.74) is 2.21. The molecule has 1 rings (SSSR count). The Kier molecular flexibility index (Phi) is 6.95. The maximum absolute atomic E-state index is 4.45. The molecule has 4 nitrogen and oxygen atoms in total. The number of benzene rings is 1. The monoisotopic (exact) mass is 310 g/mol. The SMILES string of the molecule is CS/N=C(/c1ccc(/C(=N/SC)N(C)C)cc1)N(C)C. The van der Waals surface area contributed by atoms with E-state index in [1.54, 1.807) is 0 Å². The van der Waals surface area contributed by atoms with Crippen LogP contribution in [0.15, 0.2) is 33.1 Å². The van der Waals surface area contributed by atoms with Crippen molar-refractivity contribution in [3.63, 3.8) is 0 Å². The average molecular weight is 310 g/mol. The van der Waals surface area contributed by atoms with Gasteiger partial charge in [-0.3, -0.25) is 0 Å². The van der Waals surface area contributed by atoms with Gasteiger partial charge in [0.1, 0.15) is 11.7 Å². The molecule has 110 valence electrons. The summed E-state index contributed by atoms with van der Waals surface area (Å²) in [6, 6.07) is 8.35. The van der Waals surface area contributed by atoms with E-state index in [0.29, 0.717) is 0 Å². The van der Waals surface area contributed by atoms with Gasteiger partial charge < -0.3 is 9.80 Å². The van der Waals surface area contributed by atoms with Crippen LogP contribution in [0.4, 0.5) is 0 Å². The summed E-state index contributed by atoms with van der Waals surface area (Å²) < 4.78 is 8.91. The highest BCUT2D eigenvalue weighted by Crippen LogP contribution is 2.13. The highest BCUT2D eigenvalue weighted by atomic mass is 32.2. The second-order valence-corrected chi connectivity index (χ2v) is 5.66. The smallest absolute Gasteiger partial charge is 0.143 e. The molecule has 0 saturated heterocycles. The van der Waals surface area contributed by atoms with Gasteiger partial charge in [-0.1, -0.05) is 24.3 Å². The molecule has 0 atom stereocenters. The van der Waals surface area contributed by atoms with E-state index in [1.807, 2.05) is 50.5 Å². The fourth-order valence-electron chi connectivity index (χ4n) is 1.73. The quantitative estimate of drug-likeness (QED) is 0.486. The zero-order valence-electron chi connectivity index (χ0n) is 12.9. The van der Waals surface area contributed by atoms with Crippen molar-refractivity contribution in [2.45, 2.75) is 0 Å². The molecule has 0 unspecified atom stereocenters. The molecule has 1 aromatic rings. The Morgan fingerprint density at radius 3 is 1.25 bits per heavy atom. The minimum absolute atomic E-state index is 0.970. The van der Waals surface area contributed by atoms with Crippen molar-refractivity contribution in [1.29, 1.82) is 0 Å². The zero-order chi connectivity index (χ0) is 15.1. The molecule has 0 radical (unpaired) electrons. The van der Waals surface area contributed by atoms with E-state index in [0.717, 1.165) is 22.8 Å². The maximum atomic E-state index is 4.45. The number of amidine groups is 2. The van der Waals surface area contributed by atoms with E-state index in [4.69, 9.17) is 0 Å². The predicted molar refractivity (Wildman–Crippen MR) is 93.9 cm³/mol. The largest absolute Gasteiger partial charge is 0.362 e. The molecule has 0 aromatic heterocycles. The lowest BCUT2D eigenvalue weighted by Gasteiger charge is -2.18. The first-order valence-corrected chi connectivity index (χ1v) is 8.55. The first-order chi connectivity index (χ1) is 9.51. The molecule has 0 fully saturated rings. The minimum atomic E-state index is 0.970. The second-order valence-electron chi connectivity index (χ2n) is 4.56. The Labute approximate surface area is 130 Å². The lowest BCUT2D eigenvalue weighted by Crippen LogP contribution is -2.24. The minimum Gasteiger partial charge on any atom is -0.362 e. The fraction of sp³-hybridized carbons (Fsp3) is 0.429. The molecule has 0 bridgehead atoms. The summed E-state index contributed by atoms with van der Waals surface area (Å²) >= 11 is 2.93. The van der Waals surface area contributed by atoms with Crippen LogP contribution in [0, 0.1) is 0 Å². The van der Waals surface area contributed by atoms with Gasteiger partial charge in [-0.15, -0.1) is 0 Å². The van der Waals surface area contributed by atoms with E-state index in [9.17, 15) is 0 Å². The topological polar surface area (TPSA) is 31.2 Å². The van der Waals surface area contributed by atoms with Crippen LogP contribution in [0.5, 0.6) is 0 Å². The van der Waals surface area contributed by atoms with Crippen molar-refractivity contribution in [2.75, 3.05) is 40.7 Å². The summed E-state index contributed by atoms with van der Waals surface area (Å²) in [5, 5.41) is 0. The van der Waals surface area contributed by atoms with Crippen LogP contribution in [0.2, 0.25) is 0 Å². The van der Waals surface area contributed by atoms with Crippen LogP contribution in [0.1, 0.15) is 11.1 Å². The van der Waals surface area contributed by atoms with Crippen molar-refractivity contribution in [3.8, 4) is 0 Å². The lowest BCUT2D eigenvalue weighted by molar-refractivity contribution is 0.624. The van der Waals surface area contributed by atoms with Gasteiger partial charge in [0.2, 0.25) is 0 Å². The van der Waals surface area contributed by atoms with E-state index in [-0.39, 0.29) is 0 Å². The molecule has 0 aliphatic carbocycles. The third kappa shape index (κ3) is 4.45. The Bertz CT molecular complexity index is 433. The molecule has 0 amide bonds. The molecule has 0 spiro atoms. The van der Waals surface area contributed by atoms with Crippen LogP contribution in [0.3, 0.4) is 0 Å². The fourth-order valence-corrected chi connectivity index (χ4v) is 2.61. The van der Waals surface area contributed by atoms with Gasteiger partial charge in [-0.25, -0.2) is 0 Å². The van der Waals surface area contributed by atoms with Crippen molar-refractivity contribution in [2.24, 2.45) is 8.80 Å². The van der Waals surface area contributed by atoms with Crippen molar-refractivity contribution in [3.05, 3.63) is 35.4 Å². The molecular formula is C14H22N4S2. The molecule has 1 aromatic carbocycles. The van der Waals surface area contributed by atoms with E-state index in [2.05, 4.69) is 33.1 Å². The third-order valence-electron chi connectivity index (χ3n) is 2.60. The molecule has 0 aliphatic rings. The van der Waals surface area contributed by atoms with Gasteiger partial charge >= 0.3 is 0 Å². The molecule has 20 heavy (non-hydrogen) atoms. The van der Waals surface area contributed by atoms with Gasteiger partial charge in [0.25, 0.3) is 0 Å². The first-order valence-electron chi connectivity index (χ1n) is 6.19. The Hall–Kier alpha value is -1.14. The molecule has 0 N–H and O–H groups in total. The second kappa shape index (κ2) is 8.21. The molecule has 0 aliphatic heterocycles. The van der Waals surface area contributed by atoms with Gasteiger partial charge in [0.15, 0.2) is 0 Å². The van der Waals surface area contributed by atoms with E-state index >= 15 is 0 Å². The predicted octanol–water partition coefficient (Wildman–Crippen LogP) is 2.86. The molecular weight excluding hydrogens is 288 g/mol. The summed E-state index contributed by atoms with van der Waals surface area (Å²) in [7, 11) is 8.01.